The molecule has 0 amide bonds. The largest absolute Gasteiger partial charge is 0.375 e. The van der Waals surface area contributed by atoms with E-state index in [4.69, 9.17) is 6.58 Å². The van der Waals surface area contributed by atoms with E-state index in [0.29, 0.717) is 0 Å². The fourth-order valence-electron chi connectivity index (χ4n) is 8.57. The monoisotopic (exact) mass is 777 g/mol. The van der Waals surface area contributed by atoms with E-state index in [2.05, 4.69) is 232 Å². The molecule has 0 aliphatic heterocycles. The number of allylic oxidation sites excluding steroid dienone is 27. The van der Waals surface area contributed by atoms with Gasteiger partial charge in [0.05, 0.1) is 6.04 Å². The third-order valence-electron chi connectivity index (χ3n) is 11.4. The van der Waals surface area contributed by atoms with Crippen molar-refractivity contribution in [2.75, 3.05) is 0 Å². The average Bonchev–Trinajstić information content (AvgIpc) is 3.53. The molecule has 296 valence electrons. The second-order valence-electron chi connectivity index (χ2n) is 15.3. The molecule has 0 radical (unpaired) electrons. The Morgan fingerprint density at radius 2 is 1.58 bits per heavy atom. The zero-order chi connectivity index (χ0) is 41.6. The number of hydrogen-bond donors (Lipinski definition) is 1. The van der Waals surface area contributed by atoms with E-state index in [0.717, 1.165) is 52.8 Å². The molecule has 1 N–H and O–H groups in total. The van der Waals surface area contributed by atoms with Crippen LogP contribution in [-0.2, 0) is 11.8 Å². The molecular formula is C59H55N. The molecule has 0 saturated heterocycles. The maximum absolute atomic E-state index is 4.69. The summed E-state index contributed by atoms with van der Waals surface area (Å²) in [4.78, 5) is 0. The van der Waals surface area contributed by atoms with Gasteiger partial charge in [0.25, 0.3) is 0 Å². The minimum absolute atomic E-state index is 0.120. The molecule has 1 nitrogen and oxygen atoms in total. The second-order valence-corrected chi connectivity index (χ2v) is 15.3. The lowest BCUT2D eigenvalue weighted by Gasteiger charge is -2.42. The zero-order valence-corrected chi connectivity index (χ0v) is 35.0. The summed E-state index contributed by atoms with van der Waals surface area (Å²) in [6, 6.07) is 24.7. The summed E-state index contributed by atoms with van der Waals surface area (Å²) >= 11 is 0. The Balaban J connectivity index is 1.35. The normalized spacial score (nSPS) is 21.8. The zero-order valence-electron chi connectivity index (χ0n) is 35.0. The highest BCUT2D eigenvalue weighted by molar-refractivity contribution is 5.84. The molecule has 4 aliphatic carbocycles. The van der Waals surface area contributed by atoms with Crippen LogP contribution in [0.4, 0.5) is 0 Å². The van der Waals surface area contributed by atoms with E-state index in [1.54, 1.807) is 0 Å². The first-order valence-corrected chi connectivity index (χ1v) is 21.1. The van der Waals surface area contributed by atoms with E-state index in [1.165, 1.54) is 39.0 Å². The molecule has 0 saturated carbocycles. The molecule has 1 atom stereocenters. The molecule has 7 rings (SSSR count). The van der Waals surface area contributed by atoms with E-state index in [1.807, 2.05) is 18.2 Å². The SMILES string of the molecule is C=C\C=C/C=C\C=C1\C=C/C=C\C2=C(CCC=C2)C12Cc1ccccc1/C=C\C(=C)c1ccc(/C=C/C=C(\C=C/C)c3cccc(/C(=C/C)NC4C=CC=CC=C4)c3)cc12. The molecule has 0 aromatic heterocycles. The van der Waals surface area contributed by atoms with Crippen LogP contribution in [0.2, 0.25) is 0 Å². The summed E-state index contributed by atoms with van der Waals surface area (Å²) < 4.78 is 0. The molecular weight excluding hydrogens is 723 g/mol. The van der Waals surface area contributed by atoms with Gasteiger partial charge in [0.15, 0.2) is 0 Å². The first-order chi connectivity index (χ1) is 29.5. The molecule has 3 aromatic carbocycles. The number of hydrogen-bond acceptors (Lipinski definition) is 1. The molecule has 4 aliphatic rings. The van der Waals surface area contributed by atoms with Gasteiger partial charge in [0, 0.05) is 11.1 Å². The van der Waals surface area contributed by atoms with Gasteiger partial charge >= 0.3 is 0 Å². The van der Waals surface area contributed by atoms with Gasteiger partial charge in [-0.3, -0.25) is 0 Å². The van der Waals surface area contributed by atoms with Crippen LogP contribution in [-0.4, -0.2) is 6.04 Å². The average molecular weight is 778 g/mol. The highest BCUT2D eigenvalue weighted by Gasteiger charge is 2.43. The highest BCUT2D eigenvalue weighted by Crippen LogP contribution is 2.51. The summed E-state index contributed by atoms with van der Waals surface area (Å²) in [6.07, 6.45) is 59.0. The van der Waals surface area contributed by atoms with Gasteiger partial charge in [0.1, 0.15) is 0 Å². The lowest BCUT2D eigenvalue weighted by atomic mass is 9.60. The smallest absolute Gasteiger partial charge is 0.0634 e. The third kappa shape index (κ3) is 9.49. The molecule has 0 bridgehead atoms. The van der Waals surface area contributed by atoms with Crippen molar-refractivity contribution >= 4 is 29.0 Å². The van der Waals surface area contributed by atoms with Crippen molar-refractivity contribution in [2.45, 2.75) is 44.6 Å². The van der Waals surface area contributed by atoms with Gasteiger partial charge in [-0.1, -0.05) is 226 Å². The van der Waals surface area contributed by atoms with Crippen LogP contribution >= 0.6 is 0 Å². The molecule has 60 heavy (non-hydrogen) atoms. The topological polar surface area (TPSA) is 12.0 Å². The molecule has 0 fully saturated rings. The van der Waals surface area contributed by atoms with Crippen molar-refractivity contribution < 1.29 is 0 Å². The Bertz CT molecular complexity index is 2570. The number of fused-ring (bicyclic) bond motifs is 4. The molecule has 1 spiro atoms. The molecule has 1 unspecified atom stereocenters. The maximum Gasteiger partial charge on any atom is 0.0634 e. The Kier molecular flexibility index (Phi) is 13.8. The number of nitrogens with one attached hydrogen (secondary N) is 1. The number of benzene rings is 3. The number of rotatable bonds is 10. The molecule has 3 aromatic rings. The minimum Gasteiger partial charge on any atom is -0.375 e. The summed E-state index contributed by atoms with van der Waals surface area (Å²) in [5, 5.41) is 3.70. The molecule has 1 heteroatoms. The van der Waals surface area contributed by atoms with Crippen LogP contribution in [0.1, 0.15) is 65.6 Å². The standard InChI is InChI=1S/C59H55N/c1-5-8-9-10-13-33-53-34-20-18-27-49-28-19-21-37-56(49)59(53)44-52-29-17-16-26-48(52)40-38-45(4)55-41-39-46(42-57(55)59)25-22-30-47(24-6-2)50-31-23-32-51(43-50)58(7-3)60-54-35-14-11-12-15-36-54/h5-20,22-36,38-43,54,60H,1,4,21,37,44H2,2-3H3/b9-8-,13-10-,24-6-,25-22+,27-18-,34-20-,40-38-,47-30+,53-33-,58-7-. The summed E-state index contributed by atoms with van der Waals surface area (Å²) in [6.45, 7) is 12.7. The van der Waals surface area contributed by atoms with Crippen molar-refractivity contribution in [1.82, 2.24) is 5.32 Å². The van der Waals surface area contributed by atoms with Crippen LogP contribution < -0.4 is 5.32 Å². The first kappa shape index (κ1) is 41.2. The van der Waals surface area contributed by atoms with Crippen LogP contribution in [0.5, 0.6) is 0 Å². The van der Waals surface area contributed by atoms with Gasteiger partial charge < -0.3 is 5.32 Å². The van der Waals surface area contributed by atoms with Crippen molar-refractivity contribution in [3.63, 3.8) is 0 Å². The van der Waals surface area contributed by atoms with Crippen molar-refractivity contribution in [1.29, 1.82) is 0 Å². The second kappa shape index (κ2) is 20.1. The van der Waals surface area contributed by atoms with E-state index < -0.39 is 5.41 Å². The van der Waals surface area contributed by atoms with Crippen molar-refractivity contribution in [3.8, 4) is 0 Å². The van der Waals surface area contributed by atoms with Crippen molar-refractivity contribution in [2.24, 2.45) is 0 Å². The van der Waals surface area contributed by atoms with E-state index in [9.17, 15) is 0 Å². The van der Waals surface area contributed by atoms with Crippen LogP contribution in [0, 0.1) is 0 Å². The van der Waals surface area contributed by atoms with Gasteiger partial charge in [0.2, 0.25) is 0 Å². The van der Waals surface area contributed by atoms with Crippen molar-refractivity contribution in [3.05, 3.63) is 281 Å². The molecule has 0 heterocycles. The van der Waals surface area contributed by atoms with Gasteiger partial charge in [-0.15, -0.1) is 0 Å². The maximum atomic E-state index is 4.69. The fourth-order valence-corrected chi connectivity index (χ4v) is 8.57. The minimum atomic E-state index is -0.484. The lowest BCUT2D eigenvalue weighted by molar-refractivity contribution is 0.563. The van der Waals surface area contributed by atoms with Gasteiger partial charge in [-0.25, -0.2) is 0 Å². The summed E-state index contributed by atoms with van der Waals surface area (Å²) in [5.74, 6) is 0. The Labute approximate surface area is 358 Å². The van der Waals surface area contributed by atoms with E-state index in [-0.39, 0.29) is 6.04 Å². The van der Waals surface area contributed by atoms with Gasteiger partial charge in [-0.2, -0.15) is 0 Å². The highest BCUT2D eigenvalue weighted by atomic mass is 14.9. The predicted molar refractivity (Wildman–Crippen MR) is 263 cm³/mol. The summed E-state index contributed by atoms with van der Waals surface area (Å²) in [5.41, 5.74) is 15.1. The van der Waals surface area contributed by atoms with E-state index >= 15 is 0 Å². The Hall–Kier alpha value is -6.96. The summed E-state index contributed by atoms with van der Waals surface area (Å²) in [7, 11) is 0. The fraction of sp³-hybridized carbons (Fsp3) is 0.119. The third-order valence-corrected chi connectivity index (χ3v) is 11.4. The van der Waals surface area contributed by atoms with Gasteiger partial charge in [-0.05, 0) is 112 Å². The lowest BCUT2D eigenvalue weighted by Crippen LogP contribution is -2.36. The van der Waals surface area contributed by atoms with Crippen LogP contribution in [0.15, 0.2) is 242 Å². The predicted octanol–water partition coefficient (Wildman–Crippen LogP) is 14.9. The Morgan fingerprint density at radius 1 is 0.767 bits per heavy atom. The van der Waals surface area contributed by atoms with Crippen LogP contribution in [0.25, 0.3) is 29.0 Å². The van der Waals surface area contributed by atoms with Crippen LogP contribution in [0.3, 0.4) is 0 Å². The quantitative estimate of drug-likeness (QED) is 0.202. The Morgan fingerprint density at radius 3 is 2.42 bits per heavy atom. The first-order valence-electron chi connectivity index (χ1n) is 21.1.